The maximum Gasteiger partial charge on any atom is 0.296 e. The fourth-order valence-corrected chi connectivity index (χ4v) is 3.16. The van der Waals surface area contributed by atoms with E-state index in [0.717, 1.165) is 16.8 Å². The number of hydrogen-bond acceptors (Lipinski definition) is 5. The van der Waals surface area contributed by atoms with E-state index in [1.54, 1.807) is 4.90 Å². The number of anilines is 2. The molecule has 3 rings (SSSR count). The molecule has 146 valence electrons. The Hall–Kier alpha value is -3.42. The maximum atomic E-state index is 12.6. The Balaban J connectivity index is 1.76. The molecule has 2 aromatic rings. The third-order valence-electron chi connectivity index (χ3n) is 4.96. The molecule has 8 nitrogen and oxygen atoms in total. The van der Waals surface area contributed by atoms with Gasteiger partial charge >= 0.3 is 0 Å². The van der Waals surface area contributed by atoms with Gasteiger partial charge in [0.05, 0.1) is 24.0 Å². The summed E-state index contributed by atoms with van der Waals surface area (Å²) >= 11 is 0. The second-order valence-corrected chi connectivity index (χ2v) is 6.80. The van der Waals surface area contributed by atoms with Gasteiger partial charge in [-0.05, 0) is 49.2 Å². The summed E-state index contributed by atoms with van der Waals surface area (Å²) in [6, 6.07) is 9.91. The van der Waals surface area contributed by atoms with Crippen LogP contribution in [0.1, 0.15) is 17.5 Å². The van der Waals surface area contributed by atoms with Crippen LogP contribution in [0.2, 0.25) is 0 Å². The topological polar surface area (TPSA) is 102 Å². The van der Waals surface area contributed by atoms with Crippen LogP contribution < -0.4 is 15.0 Å². The van der Waals surface area contributed by atoms with E-state index in [1.807, 2.05) is 32.0 Å². The van der Waals surface area contributed by atoms with Crippen molar-refractivity contribution < 1.29 is 19.2 Å². The van der Waals surface area contributed by atoms with Crippen LogP contribution in [0.15, 0.2) is 36.4 Å². The van der Waals surface area contributed by atoms with Crippen molar-refractivity contribution in [1.82, 2.24) is 0 Å². The molecule has 2 amide bonds. The zero-order valence-electron chi connectivity index (χ0n) is 15.9. The first-order chi connectivity index (χ1) is 13.3. The minimum Gasteiger partial charge on any atom is -0.496 e. The summed E-state index contributed by atoms with van der Waals surface area (Å²) in [6.45, 7) is 4.19. The summed E-state index contributed by atoms with van der Waals surface area (Å²) in [5, 5.41) is 13.9. The predicted molar refractivity (Wildman–Crippen MR) is 105 cm³/mol. The van der Waals surface area contributed by atoms with Gasteiger partial charge in [0.25, 0.3) is 5.69 Å². The summed E-state index contributed by atoms with van der Waals surface area (Å²) in [7, 11) is 1.41. The van der Waals surface area contributed by atoms with Crippen molar-refractivity contribution in [3.63, 3.8) is 0 Å². The summed E-state index contributed by atoms with van der Waals surface area (Å²) in [6.07, 6.45) is 0.0582. The van der Waals surface area contributed by atoms with E-state index in [4.69, 9.17) is 4.74 Å². The average Bonchev–Trinajstić information content (AvgIpc) is 3.06. The Kier molecular flexibility index (Phi) is 5.30. The number of nitrogens with zero attached hydrogens (tertiary/aromatic N) is 2. The number of amides is 2. The van der Waals surface area contributed by atoms with Crippen molar-refractivity contribution >= 4 is 28.9 Å². The Labute approximate surface area is 162 Å². The van der Waals surface area contributed by atoms with Gasteiger partial charge in [0, 0.05) is 18.7 Å². The van der Waals surface area contributed by atoms with Crippen LogP contribution in [0.4, 0.5) is 17.1 Å². The first-order valence-corrected chi connectivity index (χ1v) is 8.81. The molecule has 8 heteroatoms. The third-order valence-corrected chi connectivity index (χ3v) is 4.96. The van der Waals surface area contributed by atoms with Gasteiger partial charge in [0.2, 0.25) is 11.8 Å². The molecular weight excluding hydrogens is 362 g/mol. The highest BCUT2D eigenvalue weighted by Gasteiger charge is 2.36. The predicted octanol–water partition coefficient (Wildman–Crippen LogP) is 3.21. The van der Waals surface area contributed by atoms with E-state index in [1.165, 1.54) is 25.3 Å². The molecule has 2 aromatic carbocycles. The molecule has 1 aliphatic rings. The fraction of sp³-hybridized carbons (Fsp3) is 0.300. The first kappa shape index (κ1) is 19.3. The lowest BCUT2D eigenvalue weighted by Crippen LogP contribution is -2.28. The number of rotatable bonds is 5. The lowest BCUT2D eigenvalue weighted by Gasteiger charge is -2.18. The van der Waals surface area contributed by atoms with Gasteiger partial charge in [-0.15, -0.1) is 0 Å². The van der Waals surface area contributed by atoms with Crippen molar-refractivity contribution in [1.29, 1.82) is 0 Å². The molecule has 1 aliphatic heterocycles. The van der Waals surface area contributed by atoms with Gasteiger partial charge in [0.1, 0.15) is 11.4 Å². The number of carbonyl (C=O) groups excluding carboxylic acids is 2. The van der Waals surface area contributed by atoms with Crippen LogP contribution in [0, 0.1) is 29.9 Å². The Morgan fingerprint density at radius 2 is 1.96 bits per heavy atom. The van der Waals surface area contributed by atoms with Gasteiger partial charge in [-0.25, -0.2) is 0 Å². The summed E-state index contributed by atoms with van der Waals surface area (Å²) in [5.74, 6) is -0.835. The number of benzene rings is 2. The van der Waals surface area contributed by atoms with Crippen LogP contribution in [0.25, 0.3) is 0 Å². The van der Waals surface area contributed by atoms with Crippen LogP contribution in [-0.4, -0.2) is 30.4 Å². The molecule has 0 spiro atoms. The van der Waals surface area contributed by atoms with Gasteiger partial charge in [-0.3, -0.25) is 19.7 Å². The van der Waals surface area contributed by atoms with Crippen molar-refractivity contribution in [2.45, 2.75) is 20.3 Å². The van der Waals surface area contributed by atoms with Gasteiger partial charge < -0.3 is 15.0 Å². The highest BCUT2D eigenvalue weighted by molar-refractivity contribution is 6.04. The lowest BCUT2D eigenvalue weighted by atomic mass is 10.1. The minimum absolute atomic E-state index is 0.0582. The molecule has 1 saturated heterocycles. The number of nitro benzene ring substituents is 1. The number of ether oxygens (including phenoxy) is 1. The minimum atomic E-state index is -0.587. The van der Waals surface area contributed by atoms with Gasteiger partial charge in [-0.1, -0.05) is 6.07 Å². The molecule has 1 fully saturated rings. The van der Waals surface area contributed by atoms with E-state index in [9.17, 15) is 19.7 Å². The van der Waals surface area contributed by atoms with Crippen molar-refractivity contribution in [2.75, 3.05) is 23.9 Å². The Morgan fingerprint density at radius 1 is 1.21 bits per heavy atom. The molecular formula is C20H21N3O5. The van der Waals surface area contributed by atoms with Crippen molar-refractivity contribution in [3.8, 4) is 5.75 Å². The van der Waals surface area contributed by atoms with Crippen LogP contribution in [0.3, 0.4) is 0 Å². The van der Waals surface area contributed by atoms with E-state index in [-0.39, 0.29) is 30.2 Å². The highest BCUT2D eigenvalue weighted by Crippen LogP contribution is 2.31. The summed E-state index contributed by atoms with van der Waals surface area (Å²) in [5.41, 5.74) is 2.75. The van der Waals surface area contributed by atoms with Gasteiger partial charge in [-0.2, -0.15) is 0 Å². The molecule has 0 bridgehead atoms. The zero-order chi connectivity index (χ0) is 20.4. The molecule has 1 N–H and O–H groups in total. The second-order valence-electron chi connectivity index (χ2n) is 6.80. The number of nitro groups is 1. The normalized spacial score (nSPS) is 16.2. The summed E-state index contributed by atoms with van der Waals surface area (Å²) < 4.78 is 4.99. The van der Waals surface area contributed by atoms with Crippen LogP contribution in [-0.2, 0) is 9.59 Å². The molecule has 1 unspecified atom stereocenters. The quantitative estimate of drug-likeness (QED) is 0.631. The molecule has 0 aromatic heterocycles. The second kappa shape index (κ2) is 7.67. The fourth-order valence-electron chi connectivity index (χ4n) is 3.16. The first-order valence-electron chi connectivity index (χ1n) is 8.81. The van der Waals surface area contributed by atoms with E-state index < -0.39 is 16.7 Å². The highest BCUT2D eigenvalue weighted by atomic mass is 16.6. The molecule has 1 atom stereocenters. The molecule has 0 radical (unpaired) electrons. The smallest absolute Gasteiger partial charge is 0.296 e. The Morgan fingerprint density at radius 3 is 2.61 bits per heavy atom. The van der Waals surface area contributed by atoms with E-state index in [2.05, 4.69) is 5.32 Å². The summed E-state index contributed by atoms with van der Waals surface area (Å²) in [4.78, 5) is 37.3. The SMILES string of the molecule is COc1ccc(NC(=O)C2CC(=O)N(c3ccc(C)c(C)c3)C2)c([N+](=O)[O-])c1. The Bertz CT molecular complexity index is 957. The molecule has 0 aliphatic carbocycles. The lowest BCUT2D eigenvalue weighted by molar-refractivity contribution is -0.384. The van der Waals surface area contributed by atoms with E-state index in [0.29, 0.717) is 5.75 Å². The average molecular weight is 383 g/mol. The zero-order valence-corrected chi connectivity index (χ0v) is 15.9. The number of nitrogens with one attached hydrogen (secondary N) is 1. The maximum absolute atomic E-state index is 12.6. The van der Waals surface area contributed by atoms with Crippen LogP contribution >= 0.6 is 0 Å². The standard InChI is InChI=1S/C20H21N3O5/c1-12-4-5-15(8-13(12)2)22-11-14(9-19(22)24)20(25)21-17-7-6-16(28-3)10-18(17)23(26)27/h4-8,10,14H,9,11H2,1-3H3,(H,21,25). The van der Waals surface area contributed by atoms with Crippen LogP contribution in [0.5, 0.6) is 5.75 Å². The molecule has 28 heavy (non-hydrogen) atoms. The van der Waals surface area contributed by atoms with Crippen molar-refractivity contribution in [2.24, 2.45) is 5.92 Å². The monoisotopic (exact) mass is 383 g/mol. The number of hydrogen-bond donors (Lipinski definition) is 1. The van der Waals surface area contributed by atoms with Crippen molar-refractivity contribution in [3.05, 3.63) is 57.6 Å². The molecule has 1 heterocycles. The number of aryl methyl sites for hydroxylation is 2. The van der Waals surface area contributed by atoms with Gasteiger partial charge in [0.15, 0.2) is 0 Å². The third kappa shape index (κ3) is 3.80. The largest absolute Gasteiger partial charge is 0.496 e. The number of methoxy groups -OCH3 is 1. The number of carbonyl (C=O) groups is 2. The van der Waals surface area contributed by atoms with E-state index >= 15 is 0 Å². The molecule has 0 saturated carbocycles.